The van der Waals surface area contributed by atoms with Gasteiger partial charge in [0.25, 0.3) is 0 Å². The summed E-state index contributed by atoms with van der Waals surface area (Å²) >= 11 is 0. The van der Waals surface area contributed by atoms with Crippen LogP contribution in [0.25, 0.3) is 0 Å². The molecule has 1 aromatic rings. The van der Waals surface area contributed by atoms with E-state index in [1.165, 1.54) is 44.9 Å². The minimum atomic E-state index is -0.310. The molecule has 4 aliphatic carbocycles. The first-order valence-electron chi connectivity index (χ1n) is 7.87. The molecule has 1 heterocycles. The fourth-order valence-corrected chi connectivity index (χ4v) is 4.50. The first-order valence-corrected chi connectivity index (χ1v) is 7.87. The maximum absolute atomic E-state index is 6.41. The SMILES string of the molecule is NC1(c2noc(C3CC4CCC3CC4)n2)CCCC1. The molecule has 1 aromatic heterocycles. The number of rotatable bonds is 2. The second-order valence-electron chi connectivity index (χ2n) is 6.94. The van der Waals surface area contributed by atoms with E-state index in [2.05, 4.69) is 5.16 Å². The van der Waals surface area contributed by atoms with Crippen molar-refractivity contribution < 1.29 is 4.52 Å². The van der Waals surface area contributed by atoms with Crippen LogP contribution in [0.3, 0.4) is 0 Å². The Morgan fingerprint density at radius 1 is 1.11 bits per heavy atom. The van der Waals surface area contributed by atoms with Crippen LogP contribution in [0.2, 0.25) is 0 Å². The van der Waals surface area contributed by atoms with Gasteiger partial charge in [0.05, 0.1) is 5.54 Å². The summed E-state index contributed by atoms with van der Waals surface area (Å²) in [4.78, 5) is 4.70. The van der Waals surface area contributed by atoms with Crippen LogP contribution in [0, 0.1) is 11.8 Å². The van der Waals surface area contributed by atoms with Gasteiger partial charge < -0.3 is 10.3 Å². The van der Waals surface area contributed by atoms with Gasteiger partial charge in [0.15, 0.2) is 5.82 Å². The zero-order valence-electron chi connectivity index (χ0n) is 11.5. The number of hydrogen-bond acceptors (Lipinski definition) is 4. The van der Waals surface area contributed by atoms with E-state index in [1.807, 2.05) is 0 Å². The molecular formula is C15H23N3O. The number of hydrogen-bond donors (Lipinski definition) is 1. The smallest absolute Gasteiger partial charge is 0.230 e. The third-order valence-electron chi connectivity index (χ3n) is 5.75. The largest absolute Gasteiger partial charge is 0.339 e. The van der Waals surface area contributed by atoms with E-state index in [0.717, 1.165) is 36.4 Å². The molecule has 4 fully saturated rings. The standard InChI is InChI=1S/C15H23N3O/c16-15(7-1-2-8-15)14-17-13(19-18-14)12-9-10-3-5-11(12)6-4-10/h10-12H,1-9,16H2. The average molecular weight is 261 g/mol. The molecule has 1 atom stereocenters. The highest BCUT2D eigenvalue weighted by Crippen LogP contribution is 2.49. The van der Waals surface area contributed by atoms with Crippen LogP contribution >= 0.6 is 0 Å². The third kappa shape index (κ3) is 1.92. The fourth-order valence-electron chi connectivity index (χ4n) is 4.50. The highest BCUT2D eigenvalue weighted by Gasteiger charge is 2.41. The lowest BCUT2D eigenvalue weighted by Crippen LogP contribution is -2.34. The van der Waals surface area contributed by atoms with Crippen molar-refractivity contribution in [1.29, 1.82) is 0 Å². The van der Waals surface area contributed by atoms with Crippen molar-refractivity contribution in [3.05, 3.63) is 11.7 Å². The maximum atomic E-state index is 6.41. The van der Waals surface area contributed by atoms with Crippen LogP contribution in [0.15, 0.2) is 4.52 Å². The molecule has 0 spiro atoms. The Balaban J connectivity index is 1.58. The van der Waals surface area contributed by atoms with Crippen LogP contribution in [0.4, 0.5) is 0 Å². The second-order valence-corrected chi connectivity index (χ2v) is 6.94. The fraction of sp³-hybridized carbons (Fsp3) is 0.867. The Morgan fingerprint density at radius 3 is 2.47 bits per heavy atom. The van der Waals surface area contributed by atoms with Crippen molar-refractivity contribution >= 4 is 0 Å². The van der Waals surface area contributed by atoms with Crippen molar-refractivity contribution in [2.75, 3.05) is 0 Å². The number of aromatic nitrogens is 2. The zero-order chi connectivity index (χ0) is 12.9. The highest BCUT2D eigenvalue weighted by atomic mass is 16.5. The number of fused-ring (bicyclic) bond motifs is 3. The first-order chi connectivity index (χ1) is 9.24. The highest BCUT2D eigenvalue weighted by molar-refractivity contribution is 5.10. The van der Waals surface area contributed by atoms with Gasteiger partial charge >= 0.3 is 0 Å². The third-order valence-corrected chi connectivity index (χ3v) is 5.75. The minimum Gasteiger partial charge on any atom is -0.339 e. The summed E-state index contributed by atoms with van der Waals surface area (Å²) in [7, 11) is 0. The van der Waals surface area contributed by atoms with E-state index in [-0.39, 0.29) is 5.54 Å². The van der Waals surface area contributed by atoms with Crippen molar-refractivity contribution in [2.45, 2.75) is 69.2 Å². The molecule has 0 amide bonds. The van der Waals surface area contributed by atoms with Gasteiger partial charge in [-0.15, -0.1) is 0 Å². The Kier molecular flexibility index (Phi) is 2.69. The molecule has 5 rings (SSSR count). The maximum Gasteiger partial charge on any atom is 0.230 e. The molecule has 4 heteroatoms. The van der Waals surface area contributed by atoms with Crippen molar-refractivity contribution in [3.63, 3.8) is 0 Å². The Morgan fingerprint density at radius 2 is 1.84 bits per heavy atom. The predicted molar refractivity (Wildman–Crippen MR) is 71.4 cm³/mol. The molecule has 4 nitrogen and oxygen atoms in total. The van der Waals surface area contributed by atoms with E-state index < -0.39 is 0 Å². The Bertz CT molecular complexity index is 456. The summed E-state index contributed by atoms with van der Waals surface area (Å²) in [6.45, 7) is 0. The topological polar surface area (TPSA) is 64.9 Å². The Labute approximate surface area is 114 Å². The van der Waals surface area contributed by atoms with Gasteiger partial charge in [0, 0.05) is 5.92 Å². The monoisotopic (exact) mass is 261 g/mol. The van der Waals surface area contributed by atoms with Gasteiger partial charge in [-0.2, -0.15) is 4.98 Å². The van der Waals surface area contributed by atoms with Crippen LogP contribution < -0.4 is 5.73 Å². The quantitative estimate of drug-likeness (QED) is 0.888. The van der Waals surface area contributed by atoms with E-state index in [0.29, 0.717) is 5.92 Å². The molecule has 19 heavy (non-hydrogen) atoms. The molecule has 4 aliphatic rings. The normalized spacial score (nSPS) is 36.8. The lowest BCUT2D eigenvalue weighted by molar-refractivity contribution is 0.123. The van der Waals surface area contributed by atoms with E-state index in [4.69, 9.17) is 15.2 Å². The molecule has 2 bridgehead atoms. The van der Waals surface area contributed by atoms with Crippen molar-refractivity contribution in [2.24, 2.45) is 17.6 Å². The molecule has 104 valence electrons. The molecule has 0 radical (unpaired) electrons. The summed E-state index contributed by atoms with van der Waals surface area (Å²) in [6, 6.07) is 0. The first kappa shape index (κ1) is 11.9. The summed E-state index contributed by atoms with van der Waals surface area (Å²) in [5.74, 6) is 3.82. The van der Waals surface area contributed by atoms with Crippen LogP contribution in [0.1, 0.15) is 75.4 Å². The van der Waals surface area contributed by atoms with Crippen LogP contribution in [-0.2, 0) is 5.54 Å². The van der Waals surface area contributed by atoms with Gasteiger partial charge in [-0.05, 0) is 43.9 Å². The van der Waals surface area contributed by atoms with Crippen molar-refractivity contribution in [3.8, 4) is 0 Å². The summed E-state index contributed by atoms with van der Waals surface area (Å²) in [6.07, 6.45) is 11.1. The van der Waals surface area contributed by atoms with Crippen LogP contribution in [0.5, 0.6) is 0 Å². The second kappa shape index (κ2) is 4.30. The van der Waals surface area contributed by atoms with Gasteiger partial charge in [-0.1, -0.05) is 30.8 Å². The zero-order valence-corrected chi connectivity index (χ0v) is 11.5. The van der Waals surface area contributed by atoms with Gasteiger partial charge in [-0.25, -0.2) is 0 Å². The summed E-state index contributed by atoms with van der Waals surface area (Å²) < 4.78 is 5.59. The molecule has 1 unspecified atom stereocenters. The minimum absolute atomic E-state index is 0.310. The molecule has 0 aromatic carbocycles. The number of nitrogens with two attached hydrogens (primary N) is 1. The molecule has 0 aliphatic heterocycles. The molecule has 2 N–H and O–H groups in total. The summed E-state index contributed by atoms with van der Waals surface area (Å²) in [5, 5.41) is 4.22. The Hall–Kier alpha value is -0.900. The summed E-state index contributed by atoms with van der Waals surface area (Å²) in [5.41, 5.74) is 6.10. The molecule has 0 saturated heterocycles. The van der Waals surface area contributed by atoms with Gasteiger partial charge in [0.1, 0.15) is 0 Å². The lowest BCUT2D eigenvalue weighted by Gasteiger charge is -2.40. The van der Waals surface area contributed by atoms with Crippen LogP contribution in [-0.4, -0.2) is 10.1 Å². The molecular weight excluding hydrogens is 238 g/mol. The average Bonchev–Trinajstić information content (AvgIpc) is 3.09. The van der Waals surface area contributed by atoms with Gasteiger partial charge in [0.2, 0.25) is 5.89 Å². The van der Waals surface area contributed by atoms with E-state index in [1.54, 1.807) is 0 Å². The van der Waals surface area contributed by atoms with E-state index >= 15 is 0 Å². The van der Waals surface area contributed by atoms with Gasteiger partial charge in [-0.3, -0.25) is 0 Å². The van der Waals surface area contributed by atoms with Crippen molar-refractivity contribution in [1.82, 2.24) is 10.1 Å². The molecule has 4 saturated carbocycles. The number of nitrogens with zero attached hydrogens (tertiary/aromatic N) is 2. The predicted octanol–water partition coefficient (Wildman–Crippen LogP) is 3.09. The van der Waals surface area contributed by atoms with E-state index in [9.17, 15) is 0 Å². The lowest BCUT2D eigenvalue weighted by atomic mass is 9.65.